The summed E-state index contributed by atoms with van der Waals surface area (Å²) < 4.78 is 0. The lowest BCUT2D eigenvalue weighted by Gasteiger charge is -2.17. The number of aromatic carboxylic acids is 1. The van der Waals surface area contributed by atoms with E-state index in [0.29, 0.717) is 17.9 Å². The van der Waals surface area contributed by atoms with E-state index in [4.69, 9.17) is 5.11 Å². The van der Waals surface area contributed by atoms with Crippen LogP contribution >= 0.6 is 12.6 Å². The maximum absolute atomic E-state index is 12.0. The van der Waals surface area contributed by atoms with Gasteiger partial charge >= 0.3 is 12.0 Å². The Kier molecular flexibility index (Phi) is 6.05. The third-order valence-corrected chi connectivity index (χ3v) is 3.71. The summed E-state index contributed by atoms with van der Waals surface area (Å²) >= 11 is 4.27. The molecule has 0 aliphatic carbocycles. The highest BCUT2D eigenvalue weighted by Gasteiger charge is 2.12. The number of benzene rings is 2. The van der Waals surface area contributed by atoms with Crippen molar-refractivity contribution in [3.63, 3.8) is 0 Å². The average molecular weight is 330 g/mol. The van der Waals surface area contributed by atoms with Gasteiger partial charge in [-0.2, -0.15) is 12.6 Å². The van der Waals surface area contributed by atoms with Gasteiger partial charge in [0.1, 0.15) is 0 Å². The molecule has 2 aromatic rings. The van der Waals surface area contributed by atoms with E-state index >= 15 is 0 Å². The third kappa shape index (κ3) is 5.34. The van der Waals surface area contributed by atoms with Crippen molar-refractivity contribution in [2.24, 2.45) is 0 Å². The van der Waals surface area contributed by atoms with Crippen molar-refractivity contribution in [3.8, 4) is 0 Å². The summed E-state index contributed by atoms with van der Waals surface area (Å²) in [5, 5.41) is 14.4. The zero-order valence-electron chi connectivity index (χ0n) is 12.4. The molecule has 120 valence electrons. The maximum atomic E-state index is 12.0. The van der Waals surface area contributed by atoms with Crippen molar-refractivity contribution < 1.29 is 14.7 Å². The minimum Gasteiger partial charge on any atom is -0.478 e. The molecule has 0 spiro atoms. The summed E-state index contributed by atoms with van der Waals surface area (Å²) in [6.45, 7) is 0. The molecule has 2 amide bonds. The first-order valence-electron chi connectivity index (χ1n) is 7.14. The highest BCUT2D eigenvalue weighted by atomic mass is 32.1. The third-order valence-electron chi connectivity index (χ3n) is 3.27. The maximum Gasteiger partial charge on any atom is 0.335 e. The van der Waals surface area contributed by atoms with Crippen molar-refractivity contribution in [2.75, 3.05) is 11.1 Å². The fourth-order valence-corrected chi connectivity index (χ4v) is 2.33. The Bertz CT molecular complexity index is 659. The van der Waals surface area contributed by atoms with Crippen LogP contribution in [0.25, 0.3) is 0 Å². The molecule has 0 saturated carbocycles. The van der Waals surface area contributed by atoms with E-state index in [2.05, 4.69) is 23.3 Å². The molecule has 3 N–H and O–H groups in total. The number of rotatable bonds is 6. The lowest BCUT2D eigenvalue weighted by atomic mass is 10.1. The van der Waals surface area contributed by atoms with Gasteiger partial charge in [-0.05, 0) is 36.2 Å². The van der Waals surface area contributed by atoms with E-state index in [1.54, 1.807) is 12.1 Å². The van der Waals surface area contributed by atoms with Crippen molar-refractivity contribution in [1.29, 1.82) is 0 Å². The van der Waals surface area contributed by atoms with Crippen molar-refractivity contribution in [3.05, 3.63) is 65.7 Å². The molecule has 0 heterocycles. The Balaban J connectivity index is 1.90. The topological polar surface area (TPSA) is 78.4 Å². The average Bonchev–Trinajstić information content (AvgIpc) is 2.55. The van der Waals surface area contributed by atoms with Crippen molar-refractivity contribution in [1.82, 2.24) is 5.32 Å². The summed E-state index contributed by atoms with van der Waals surface area (Å²) in [4.78, 5) is 22.8. The quantitative estimate of drug-likeness (QED) is 0.615. The highest BCUT2D eigenvalue weighted by molar-refractivity contribution is 7.80. The van der Waals surface area contributed by atoms with Crippen LogP contribution in [0.5, 0.6) is 0 Å². The summed E-state index contributed by atoms with van der Waals surface area (Å²) in [5.74, 6) is -0.487. The summed E-state index contributed by atoms with van der Waals surface area (Å²) in [6, 6.07) is 15.4. The number of anilines is 1. The number of nitrogens with one attached hydrogen (secondary N) is 2. The second kappa shape index (κ2) is 8.24. The predicted octanol–water partition coefficient (Wildman–Crippen LogP) is 3.05. The van der Waals surface area contributed by atoms with Gasteiger partial charge in [0, 0.05) is 17.5 Å². The second-order valence-electron chi connectivity index (χ2n) is 5.05. The smallest absolute Gasteiger partial charge is 0.335 e. The lowest BCUT2D eigenvalue weighted by molar-refractivity contribution is 0.0697. The van der Waals surface area contributed by atoms with Crippen LogP contribution in [0.3, 0.4) is 0 Å². The van der Waals surface area contributed by atoms with E-state index in [9.17, 15) is 9.59 Å². The Morgan fingerprint density at radius 3 is 2.26 bits per heavy atom. The molecule has 0 aliphatic heterocycles. The Morgan fingerprint density at radius 2 is 1.70 bits per heavy atom. The monoisotopic (exact) mass is 330 g/mol. The number of carboxylic acid groups (broad SMARTS) is 1. The molecule has 23 heavy (non-hydrogen) atoms. The number of carboxylic acids is 1. The zero-order chi connectivity index (χ0) is 16.7. The standard InChI is InChI=1S/C17H18N2O3S/c20-16(21)13-6-8-14(9-7-13)18-17(22)19-15(11-23)10-12-4-2-1-3-5-12/h1-9,15,23H,10-11H2,(H,20,21)(H2,18,19,22). The summed E-state index contributed by atoms with van der Waals surface area (Å²) in [7, 11) is 0. The van der Waals surface area contributed by atoms with Crippen LogP contribution in [0.4, 0.5) is 10.5 Å². The molecule has 1 unspecified atom stereocenters. The van der Waals surface area contributed by atoms with Gasteiger partial charge in [-0.3, -0.25) is 0 Å². The molecule has 0 fully saturated rings. The Labute approximate surface area is 140 Å². The predicted molar refractivity (Wildman–Crippen MR) is 93.3 cm³/mol. The first kappa shape index (κ1) is 16.9. The summed E-state index contributed by atoms with van der Waals surface area (Å²) in [5.41, 5.74) is 1.83. The van der Waals surface area contributed by atoms with E-state index in [1.165, 1.54) is 12.1 Å². The Hall–Kier alpha value is -2.47. The van der Waals surface area contributed by atoms with Gasteiger partial charge in [0.25, 0.3) is 0 Å². The fraction of sp³-hybridized carbons (Fsp3) is 0.176. The fourth-order valence-electron chi connectivity index (χ4n) is 2.11. The van der Waals surface area contributed by atoms with Crippen LogP contribution in [0.15, 0.2) is 54.6 Å². The van der Waals surface area contributed by atoms with Crippen LogP contribution in [0.1, 0.15) is 15.9 Å². The largest absolute Gasteiger partial charge is 0.478 e. The van der Waals surface area contributed by atoms with Gasteiger partial charge in [-0.15, -0.1) is 0 Å². The number of amides is 2. The van der Waals surface area contributed by atoms with E-state index in [0.717, 1.165) is 5.56 Å². The van der Waals surface area contributed by atoms with Crippen molar-refractivity contribution in [2.45, 2.75) is 12.5 Å². The number of carbonyl (C=O) groups is 2. The molecule has 0 saturated heterocycles. The molecular formula is C17H18N2O3S. The SMILES string of the molecule is O=C(Nc1ccc(C(=O)O)cc1)NC(CS)Cc1ccccc1. The minimum atomic E-state index is -1.00. The summed E-state index contributed by atoms with van der Waals surface area (Å²) in [6.07, 6.45) is 0.690. The van der Waals surface area contributed by atoms with E-state index < -0.39 is 5.97 Å². The van der Waals surface area contributed by atoms with Crippen LogP contribution in [-0.4, -0.2) is 28.9 Å². The number of hydrogen-bond donors (Lipinski definition) is 4. The van der Waals surface area contributed by atoms with Crippen LogP contribution in [0.2, 0.25) is 0 Å². The van der Waals surface area contributed by atoms with Crippen molar-refractivity contribution >= 4 is 30.3 Å². The van der Waals surface area contributed by atoms with Crippen LogP contribution in [0, 0.1) is 0 Å². The number of thiol groups is 1. The number of urea groups is 1. The van der Waals surface area contributed by atoms with Gasteiger partial charge in [0.2, 0.25) is 0 Å². The van der Waals surface area contributed by atoms with E-state index in [1.807, 2.05) is 30.3 Å². The molecule has 6 heteroatoms. The lowest BCUT2D eigenvalue weighted by Crippen LogP contribution is -2.40. The van der Waals surface area contributed by atoms with Crippen LogP contribution in [-0.2, 0) is 6.42 Å². The minimum absolute atomic E-state index is 0.0981. The molecule has 2 rings (SSSR count). The van der Waals surface area contributed by atoms with Gasteiger partial charge in [0.05, 0.1) is 5.56 Å². The highest BCUT2D eigenvalue weighted by Crippen LogP contribution is 2.10. The normalized spacial score (nSPS) is 11.5. The first-order valence-corrected chi connectivity index (χ1v) is 7.77. The van der Waals surface area contributed by atoms with Gasteiger partial charge in [0.15, 0.2) is 0 Å². The molecule has 0 radical (unpaired) electrons. The Morgan fingerprint density at radius 1 is 1.04 bits per heavy atom. The molecule has 0 bridgehead atoms. The molecule has 1 atom stereocenters. The van der Waals surface area contributed by atoms with E-state index in [-0.39, 0.29) is 17.6 Å². The van der Waals surface area contributed by atoms with Gasteiger partial charge in [-0.25, -0.2) is 9.59 Å². The first-order chi connectivity index (χ1) is 11.1. The number of carbonyl (C=O) groups excluding carboxylic acids is 1. The molecular weight excluding hydrogens is 312 g/mol. The van der Waals surface area contributed by atoms with Crippen LogP contribution < -0.4 is 10.6 Å². The molecule has 2 aromatic carbocycles. The molecule has 0 aliphatic rings. The van der Waals surface area contributed by atoms with Gasteiger partial charge < -0.3 is 15.7 Å². The molecule has 0 aromatic heterocycles. The van der Waals surface area contributed by atoms with Gasteiger partial charge in [-0.1, -0.05) is 30.3 Å². The zero-order valence-corrected chi connectivity index (χ0v) is 13.3. The second-order valence-corrected chi connectivity index (χ2v) is 5.42. The molecule has 5 nitrogen and oxygen atoms in total. The number of hydrogen-bond acceptors (Lipinski definition) is 3.